The Morgan fingerprint density at radius 1 is 0.950 bits per heavy atom. The number of pyridine rings is 1. The smallest absolute Gasteiger partial charge is 0.216 e. The SMILES string of the molecule is CCCCOc1cc(C(Cl)(Cl)Cl)cc(OCCCC)n1. The fourth-order valence-electron chi connectivity index (χ4n) is 1.43. The summed E-state index contributed by atoms with van der Waals surface area (Å²) >= 11 is 17.8. The second kappa shape index (κ2) is 8.81. The minimum Gasteiger partial charge on any atom is -0.478 e. The van der Waals surface area contributed by atoms with Gasteiger partial charge in [-0.2, -0.15) is 4.98 Å². The zero-order valence-electron chi connectivity index (χ0n) is 11.8. The molecule has 1 aromatic rings. The van der Waals surface area contributed by atoms with Crippen LogP contribution in [0.25, 0.3) is 0 Å². The Bertz CT molecular complexity index is 380. The molecule has 0 unspecified atom stereocenters. The fourth-order valence-corrected chi connectivity index (χ4v) is 1.76. The highest BCUT2D eigenvalue weighted by Gasteiger charge is 2.25. The van der Waals surface area contributed by atoms with Crippen LogP contribution < -0.4 is 9.47 Å². The first-order valence-corrected chi connectivity index (χ1v) is 7.95. The second-order valence-corrected chi connectivity index (χ2v) is 6.72. The number of nitrogens with zero attached hydrogens (tertiary/aromatic N) is 1. The van der Waals surface area contributed by atoms with E-state index < -0.39 is 3.79 Å². The van der Waals surface area contributed by atoms with E-state index in [9.17, 15) is 0 Å². The van der Waals surface area contributed by atoms with Gasteiger partial charge >= 0.3 is 0 Å². The van der Waals surface area contributed by atoms with Crippen molar-refractivity contribution >= 4 is 34.8 Å². The molecule has 0 saturated heterocycles. The molecule has 6 heteroatoms. The van der Waals surface area contributed by atoms with Crippen LogP contribution in [0, 0.1) is 0 Å². The third-order valence-corrected chi connectivity index (χ3v) is 3.26. The lowest BCUT2D eigenvalue weighted by atomic mass is 10.3. The van der Waals surface area contributed by atoms with Crippen LogP contribution in [0.1, 0.15) is 45.1 Å². The number of alkyl halides is 3. The van der Waals surface area contributed by atoms with Crippen LogP contribution in [0.3, 0.4) is 0 Å². The van der Waals surface area contributed by atoms with Crippen molar-refractivity contribution in [1.29, 1.82) is 0 Å². The zero-order chi connectivity index (χ0) is 15.0. The normalized spacial score (nSPS) is 11.4. The Hall–Kier alpha value is -0.380. The monoisotopic (exact) mass is 339 g/mol. The quantitative estimate of drug-likeness (QED) is 0.477. The van der Waals surface area contributed by atoms with Crippen LogP contribution >= 0.6 is 34.8 Å². The summed E-state index contributed by atoms with van der Waals surface area (Å²) < 4.78 is 9.61. The van der Waals surface area contributed by atoms with E-state index in [1.54, 1.807) is 12.1 Å². The summed E-state index contributed by atoms with van der Waals surface area (Å²) in [7, 11) is 0. The molecule has 0 N–H and O–H groups in total. The second-order valence-electron chi connectivity index (χ2n) is 4.43. The standard InChI is InChI=1S/C14H20Cl3NO2/c1-3-5-7-19-12-9-11(14(15,16)17)10-13(18-12)20-8-6-4-2/h9-10H,3-8H2,1-2H3. The van der Waals surface area contributed by atoms with Gasteiger partial charge in [0.05, 0.1) is 13.2 Å². The van der Waals surface area contributed by atoms with E-state index in [0.717, 1.165) is 25.7 Å². The predicted molar refractivity (Wildman–Crippen MR) is 84.3 cm³/mol. The van der Waals surface area contributed by atoms with Crippen molar-refractivity contribution in [2.75, 3.05) is 13.2 Å². The molecule has 0 atom stereocenters. The van der Waals surface area contributed by atoms with Crippen molar-refractivity contribution in [2.24, 2.45) is 0 Å². The van der Waals surface area contributed by atoms with Gasteiger partial charge in [-0.05, 0) is 12.8 Å². The summed E-state index contributed by atoms with van der Waals surface area (Å²) in [5, 5.41) is 0. The maximum Gasteiger partial charge on any atom is 0.216 e. The van der Waals surface area contributed by atoms with Crippen molar-refractivity contribution in [3.05, 3.63) is 17.7 Å². The molecule has 114 valence electrons. The Morgan fingerprint density at radius 3 is 1.75 bits per heavy atom. The van der Waals surface area contributed by atoms with E-state index in [4.69, 9.17) is 44.3 Å². The van der Waals surface area contributed by atoms with Gasteiger partial charge in [0.1, 0.15) is 0 Å². The minimum atomic E-state index is -1.52. The molecule has 0 radical (unpaired) electrons. The van der Waals surface area contributed by atoms with Gasteiger partial charge in [0.2, 0.25) is 15.6 Å². The maximum absolute atomic E-state index is 5.92. The minimum absolute atomic E-state index is 0.425. The molecule has 0 saturated carbocycles. The molecule has 20 heavy (non-hydrogen) atoms. The van der Waals surface area contributed by atoms with Gasteiger partial charge in [-0.1, -0.05) is 61.5 Å². The molecule has 0 fully saturated rings. The number of halogens is 3. The van der Waals surface area contributed by atoms with Crippen molar-refractivity contribution in [3.8, 4) is 11.8 Å². The maximum atomic E-state index is 5.92. The number of ether oxygens (including phenoxy) is 2. The lowest BCUT2D eigenvalue weighted by Gasteiger charge is -2.15. The number of aromatic nitrogens is 1. The number of hydrogen-bond acceptors (Lipinski definition) is 3. The summed E-state index contributed by atoms with van der Waals surface area (Å²) in [5.41, 5.74) is 0.496. The van der Waals surface area contributed by atoms with Crippen LogP contribution in [-0.2, 0) is 3.79 Å². The van der Waals surface area contributed by atoms with Crippen LogP contribution in [0.4, 0.5) is 0 Å². The summed E-state index contributed by atoms with van der Waals surface area (Å²) in [4.78, 5) is 4.27. The summed E-state index contributed by atoms with van der Waals surface area (Å²) in [6, 6.07) is 3.27. The molecule has 1 aromatic heterocycles. The first-order valence-electron chi connectivity index (χ1n) is 6.82. The van der Waals surface area contributed by atoms with Crippen LogP contribution in [0.2, 0.25) is 0 Å². The molecular weight excluding hydrogens is 321 g/mol. The highest BCUT2D eigenvalue weighted by molar-refractivity contribution is 6.66. The van der Waals surface area contributed by atoms with Gasteiger partial charge in [0.25, 0.3) is 0 Å². The van der Waals surface area contributed by atoms with Crippen molar-refractivity contribution in [2.45, 2.75) is 43.3 Å². The number of unbranched alkanes of at least 4 members (excludes halogenated alkanes) is 2. The largest absolute Gasteiger partial charge is 0.478 e. The first-order chi connectivity index (χ1) is 9.47. The van der Waals surface area contributed by atoms with Crippen molar-refractivity contribution in [3.63, 3.8) is 0 Å². The molecule has 1 rings (SSSR count). The molecule has 0 spiro atoms. The molecule has 0 aliphatic heterocycles. The van der Waals surface area contributed by atoms with E-state index in [1.165, 1.54) is 0 Å². The third-order valence-electron chi connectivity index (χ3n) is 2.60. The van der Waals surface area contributed by atoms with E-state index in [0.29, 0.717) is 30.5 Å². The first kappa shape index (κ1) is 17.7. The van der Waals surface area contributed by atoms with Gasteiger partial charge in [-0.3, -0.25) is 0 Å². The highest BCUT2D eigenvalue weighted by atomic mass is 35.6. The molecule has 3 nitrogen and oxygen atoms in total. The highest BCUT2D eigenvalue weighted by Crippen LogP contribution is 2.40. The Morgan fingerprint density at radius 2 is 1.40 bits per heavy atom. The third kappa shape index (κ3) is 6.38. The molecular formula is C14H20Cl3NO2. The lowest BCUT2D eigenvalue weighted by Crippen LogP contribution is -2.07. The Kier molecular flexibility index (Phi) is 7.78. The molecule has 0 aliphatic rings. The number of hydrogen-bond donors (Lipinski definition) is 0. The van der Waals surface area contributed by atoms with Crippen molar-refractivity contribution in [1.82, 2.24) is 4.98 Å². The van der Waals surface area contributed by atoms with Gasteiger partial charge in [-0.25, -0.2) is 0 Å². The topological polar surface area (TPSA) is 31.4 Å². The summed E-state index contributed by atoms with van der Waals surface area (Å²) in [5.74, 6) is 0.850. The van der Waals surface area contributed by atoms with E-state index in [2.05, 4.69) is 18.8 Å². The van der Waals surface area contributed by atoms with Gasteiger partial charge < -0.3 is 9.47 Å². The Labute approximate surface area is 135 Å². The van der Waals surface area contributed by atoms with Crippen LogP contribution in [0.15, 0.2) is 12.1 Å². The van der Waals surface area contributed by atoms with Crippen LogP contribution in [0.5, 0.6) is 11.8 Å². The fraction of sp³-hybridized carbons (Fsp3) is 0.643. The Balaban J connectivity index is 2.84. The van der Waals surface area contributed by atoms with Crippen LogP contribution in [-0.4, -0.2) is 18.2 Å². The van der Waals surface area contributed by atoms with Crippen molar-refractivity contribution < 1.29 is 9.47 Å². The molecule has 0 bridgehead atoms. The summed E-state index contributed by atoms with van der Waals surface area (Å²) in [6.45, 7) is 5.35. The molecule has 0 aromatic carbocycles. The van der Waals surface area contributed by atoms with E-state index in [1.807, 2.05) is 0 Å². The van der Waals surface area contributed by atoms with Gasteiger partial charge in [0.15, 0.2) is 0 Å². The molecule has 1 heterocycles. The average molecular weight is 341 g/mol. The lowest BCUT2D eigenvalue weighted by molar-refractivity contribution is 0.272. The van der Waals surface area contributed by atoms with Gasteiger partial charge in [-0.15, -0.1) is 0 Å². The molecule has 0 aliphatic carbocycles. The molecule has 0 amide bonds. The zero-order valence-corrected chi connectivity index (χ0v) is 14.1. The van der Waals surface area contributed by atoms with E-state index in [-0.39, 0.29) is 0 Å². The average Bonchev–Trinajstić information content (AvgIpc) is 2.38. The number of rotatable bonds is 8. The van der Waals surface area contributed by atoms with E-state index >= 15 is 0 Å². The van der Waals surface area contributed by atoms with Gasteiger partial charge in [0, 0.05) is 17.7 Å². The summed E-state index contributed by atoms with van der Waals surface area (Å²) in [6.07, 6.45) is 3.99. The predicted octanol–water partition coefficient (Wildman–Crippen LogP) is 5.27.